The molecule has 18 heavy (non-hydrogen) atoms. The fraction of sp³-hybridized carbons (Fsp3) is 1.00. The first-order valence-corrected chi connectivity index (χ1v) is 3.80. The third-order valence-corrected chi connectivity index (χ3v) is 1.55. The summed E-state index contributed by atoms with van der Waals surface area (Å²) in [6, 6.07) is 0. The van der Waals surface area contributed by atoms with Crippen LogP contribution in [0.4, 0.5) is 48.3 Å². The summed E-state index contributed by atoms with van der Waals surface area (Å²) in [5.74, 6) is -7.00. The van der Waals surface area contributed by atoms with Crippen molar-refractivity contribution in [3.63, 3.8) is 0 Å². The molecule has 0 aliphatic rings. The fourth-order valence-electron chi connectivity index (χ4n) is 0.511. The second-order valence-electron chi connectivity index (χ2n) is 2.71. The van der Waals surface area contributed by atoms with Gasteiger partial charge in [0, 0.05) is 0 Å². The molecule has 0 N–H and O–H groups in total. The van der Waals surface area contributed by atoms with Crippen LogP contribution in [0, 0.1) is 0 Å². The highest BCUT2D eigenvalue weighted by Crippen LogP contribution is 2.52. The van der Waals surface area contributed by atoms with Crippen molar-refractivity contribution in [2.24, 2.45) is 0 Å². The van der Waals surface area contributed by atoms with Gasteiger partial charge < -0.3 is 0 Å². The van der Waals surface area contributed by atoms with E-state index in [1.54, 1.807) is 4.74 Å². The molecule has 1 nitrogen and oxygen atoms in total. The van der Waals surface area contributed by atoms with Gasteiger partial charge in [-0.2, -0.15) is 48.3 Å². The lowest BCUT2D eigenvalue weighted by Gasteiger charge is -2.33. The van der Waals surface area contributed by atoms with Gasteiger partial charge in [0.2, 0.25) is 0 Å². The standard InChI is InChI=1S/C5ClF11O/c6-2(8,9)5(16,17)18-1(7,3(10,11)12)4(13,14)15. The number of halogens is 12. The summed E-state index contributed by atoms with van der Waals surface area (Å²) in [5, 5.41) is -5.99. The Morgan fingerprint density at radius 1 is 0.611 bits per heavy atom. The van der Waals surface area contributed by atoms with Gasteiger partial charge in [-0.1, -0.05) is 0 Å². The molecule has 0 aromatic carbocycles. The minimum Gasteiger partial charge on any atom is -0.261 e. The van der Waals surface area contributed by atoms with E-state index in [2.05, 4.69) is 11.6 Å². The monoisotopic (exact) mass is 320 g/mol. The lowest BCUT2D eigenvalue weighted by atomic mass is 10.3. The zero-order valence-corrected chi connectivity index (χ0v) is 8.20. The van der Waals surface area contributed by atoms with Gasteiger partial charge in [0.15, 0.2) is 0 Å². The number of alkyl halides is 12. The smallest absolute Gasteiger partial charge is 0.261 e. The first-order valence-electron chi connectivity index (χ1n) is 3.43. The van der Waals surface area contributed by atoms with Gasteiger partial charge >= 0.3 is 29.7 Å². The molecular formula is C5ClF11O. The highest BCUT2D eigenvalue weighted by molar-refractivity contribution is 6.22. The zero-order valence-electron chi connectivity index (χ0n) is 7.44. The molecule has 0 fully saturated rings. The molecule has 0 radical (unpaired) electrons. The zero-order chi connectivity index (χ0) is 15.2. The Morgan fingerprint density at radius 2 is 0.889 bits per heavy atom. The Balaban J connectivity index is 5.58. The molecule has 0 aromatic rings. The second kappa shape index (κ2) is 4.25. The van der Waals surface area contributed by atoms with Crippen LogP contribution in [0.5, 0.6) is 0 Å². The van der Waals surface area contributed by atoms with Gasteiger partial charge in [0.25, 0.3) is 0 Å². The average molecular weight is 320 g/mol. The molecule has 0 spiro atoms. The first-order chi connectivity index (χ1) is 7.46. The molecular weight excluding hydrogens is 320 g/mol. The Kier molecular flexibility index (Phi) is 4.13. The lowest BCUT2D eigenvalue weighted by Crippen LogP contribution is -2.60. The van der Waals surface area contributed by atoms with Crippen molar-refractivity contribution in [3.8, 4) is 0 Å². The van der Waals surface area contributed by atoms with Crippen molar-refractivity contribution in [1.29, 1.82) is 0 Å². The van der Waals surface area contributed by atoms with Crippen LogP contribution in [0.15, 0.2) is 0 Å². The topological polar surface area (TPSA) is 9.23 Å². The predicted octanol–water partition coefficient (Wildman–Crippen LogP) is 4.22. The van der Waals surface area contributed by atoms with E-state index in [1.165, 1.54) is 0 Å². The maximum Gasteiger partial charge on any atom is 0.458 e. The molecule has 0 aliphatic carbocycles. The molecule has 0 aliphatic heterocycles. The molecule has 110 valence electrons. The quantitative estimate of drug-likeness (QED) is 0.559. The minimum absolute atomic E-state index is 1.59. The Bertz CT molecular complexity index is 284. The summed E-state index contributed by atoms with van der Waals surface area (Å²) in [6.07, 6.45) is -20.7. The SMILES string of the molecule is FC(F)(F)C(F)(OC(F)(F)C(F)(F)Cl)C(F)(F)F. The van der Waals surface area contributed by atoms with E-state index in [1.807, 2.05) is 0 Å². The second-order valence-corrected chi connectivity index (χ2v) is 3.18. The molecule has 0 amide bonds. The van der Waals surface area contributed by atoms with Gasteiger partial charge in [-0.15, -0.1) is 0 Å². The van der Waals surface area contributed by atoms with Crippen LogP contribution in [0.2, 0.25) is 0 Å². The summed E-state index contributed by atoms with van der Waals surface area (Å²) >= 11 is 3.52. The van der Waals surface area contributed by atoms with Gasteiger partial charge in [-0.05, 0) is 11.6 Å². The van der Waals surface area contributed by atoms with E-state index in [0.29, 0.717) is 0 Å². The van der Waals surface area contributed by atoms with Gasteiger partial charge in [0.1, 0.15) is 0 Å². The third kappa shape index (κ3) is 3.08. The van der Waals surface area contributed by atoms with Crippen LogP contribution in [0.3, 0.4) is 0 Å². The van der Waals surface area contributed by atoms with E-state index < -0.39 is 29.7 Å². The first kappa shape index (κ1) is 17.5. The van der Waals surface area contributed by atoms with Crippen LogP contribution in [-0.4, -0.2) is 29.7 Å². The molecule has 0 heterocycles. The fourth-order valence-corrected chi connectivity index (χ4v) is 0.550. The maximum absolute atomic E-state index is 12.5. The Labute approximate surface area is 95.4 Å². The van der Waals surface area contributed by atoms with Crippen molar-refractivity contribution in [2.75, 3.05) is 0 Å². The highest BCUT2D eigenvalue weighted by atomic mass is 35.5. The molecule has 0 saturated carbocycles. The van der Waals surface area contributed by atoms with E-state index in [4.69, 9.17) is 0 Å². The number of rotatable bonds is 3. The van der Waals surface area contributed by atoms with Crippen molar-refractivity contribution < 1.29 is 53.0 Å². The highest BCUT2D eigenvalue weighted by Gasteiger charge is 2.79. The largest absolute Gasteiger partial charge is 0.458 e. The van der Waals surface area contributed by atoms with E-state index in [9.17, 15) is 48.3 Å². The van der Waals surface area contributed by atoms with Crippen LogP contribution in [-0.2, 0) is 4.74 Å². The van der Waals surface area contributed by atoms with E-state index in [0.717, 1.165) is 0 Å². The summed E-state index contributed by atoms with van der Waals surface area (Å²) in [6.45, 7) is 0. The molecule has 0 aromatic heterocycles. The predicted molar refractivity (Wildman–Crippen MR) is 32.8 cm³/mol. The molecule has 0 rings (SSSR count). The molecule has 0 saturated heterocycles. The van der Waals surface area contributed by atoms with Gasteiger partial charge in [-0.25, -0.2) is 0 Å². The van der Waals surface area contributed by atoms with Gasteiger partial charge in [-0.3, -0.25) is 4.74 Å². The summed E-state index contributed by atoms with van der Waals surface area (Å²) in [5.41, 5.74) is 0. The normalized spacial score (nSPS) is 16.0. The molecule has 0 atom stereocenters. The van der Waals surface area contributed by atoms with E-state index in [-0.39, 0.29) is 0 Å². The Hall–Kier alpha value is -0.520. The van der Waals surface area contributed by atoms with Crippen LogP contribution in [0.25, 0.3) is 0 Å². The third-order valence-electron chi connectivity index (χ3n) is 1.33. The Morgan fingerprint density at radius 3 is 1.06 bits per heavy atom. The van der Waals surface area contributed by atoms with Gasteiger partial charge in [0.05, 0.1) is 0 Å². The molecule has 0 bridgehead atoms. The van der Waals surface area contributed by atoms with Crippen LogP contribution in [0.1, 0.15) is 0 Å². The average Bonchev–Trinajstić information content (AvgIpc) is 1.95. The van der Waals surface area contributed by atoms with Crippen molar-refractivity contribution in [2.45, 2.75) is 29.7 Å². The summed E-state index contributed by atoms with van der Waals surface area (Å²) in [4.78, 5) is 0. The lowest BCUT2D eigenvalue weighted by molar-refractivity contribution is -0.495. The molecule has 13 heteroatoms. The van der Waals surface area contributed by atoms with Crippen LogP contribution >= 0.6 is 11.6 Å². The summed E-state index contributed by atoms with van der Waals surface area (Å²) < 4.78 is 132. The number of ether oxygens (including phenoxy) is 1. The maximum atomic E-state index is 12.5. The summed E-state index contributed by atoms with van der Waals surface area (Å²) in [7, 11) is 0. The van der Waals surface area contributed by atoms with Crippen molar-refractivity contribution >= 4 is 11.6 Å². The van der Waals surface area contributed by atoms with E-state index >= 15 is 0 Å². The number of hydrogen-bond donors (Lipinski definition) is 0. The number of hydrogen-bond acceptors (Lipinski definition) is 1. The molecule has 0 unspecified atom stereocenters. The van der Waals surface area contributed by atoms with Crippen molar-refractivity contribution in [3.05, 3.63) is 0 Å². The van der Waals surface area contributed by atoms with Crippen LogP contribution < -0.4 is 0 Å². The minimum atomic E-state index is -7.07. The van der Waals surface area contributed by atoms with Crippen molar-refractivity contribution in [1.82, 2.24) is 0 Å².